The van der Waals surface area contributed by atoms with Crippen molar-refractivity contribution in [2.24, 2.45) is 0 Å². The molecule has 2 aromatic rings. The second-order valence-electron chi connectivity index (χ2n) is 4.05. The SMILES string of the molecule is Cc1cc(F)ccc1NC(=O)c1c(O)cccc1F. The Hall–Kier alpha value is -2.43. The van der Waals surface area contributed by atoms with Crippen LogP contribution in [0.4, 0.5) is 14.5 Å². The minimum Gasteiger partial charge on any atom is -0.507 e. The first-order chi connectivity index (χ1) is 8.99. The summed E-state index contributed by atoms with van der Waals surface area (Å²) in [5.74, 6) is -2.48. The van der Waals surface area contributed by atoms with E-state index in [9.17, 15) is 18.7 Å². The molecule has 0 saturated heterocycles. The Balaban J connectivity index is 2.31. The van der Waals surface area contributed by atoms with Crippen LogP contribution in [0.2, 0.25) is 0 Å². The molecule has 0 heterocycles. The number of nitrogens with one attached hydrogen (secondary N) is 1. The van der Waals surface area contributed by atoms with Gasteiger partial charge in [-0.05, 0) is 42.8 Å². The fourth-order valence-corrected chi connectivity index (χ4v) is 1.69. The van der Waals surface area contributed by atoms with Gasteiger partial charge in [0.1, 0.15) is 22.9 Å². The molecule has 19 heavy (non-hydrogen) atoms. The minimum atomic E-state index is -0.822. The number of halogens is 2. The van der Waals surface area contributed by atoms with E-state index < -0.39 is 28.9 Å². The third-order valence-electron chi connectivity index (χ3n) is 2.66. The predicted octanol–water partition coefficient (Wildman–Crippen LogP) is 3.23. The fraction of sp³-hybridized carbons (Fsp3) is 0.0714. The number of benzene rings is 2. The molecule has 0 bridgehead atoms. The number of carbonyl (C=O) groups is 1. The van der Waals surface area contributed by atoms with E-state index in [4.69, 9.17) is 0 Å². The molecule has 0 saturated carbocycles. The van der Waals surface area contributed by atoms with Crippen molar-refractivity contribution < 1.29 is 18.7 Å². The van der Waals surface area contributed by atoms with Crippen LogP contribution >= 0.6 is 0 Å². The summed E-state index contributed by atoms with van der Waals surface area (Å²) in [5, 5.41) is 11.9. The number of anilines is 1. The van der Waals surface area contributed by atoms with Gasteiger partial charge in [0.05, 0.1) is 0 Å². The first kappa shape index (κ1) is 13.0. The van der Waals surface area contributed by atoms with E-state index in [2.05, 4.69) is 5.32 Å². The van der Waals surface area contributed by atoms with Gasteiger partial charge in [0, 0.05) is 5.69 Å². The van der Waals surface area contributed by atoms with E-state index in [1.54, 1.807) is 6.92 Å². The second kappa shape index (κ2) is 5.06. The van der Waals surface area contributed by atoms with Gasteiger partial charge in [-0.2, -0.15) is 0 Å². The third-order valence-corrected chi connectivity index (χ3v) is 2.66. The Morgan fingerprint density at radius 2 is 1.95 bits per heavy atom. The van der Waals surface area contributed by atoms with Crippen LogP contribution in [0.3, 0.4) is 0 Å². The fourth-order valence-electron chi connectivity index (χ4n) is 1.69. The highest BCUT2D eigenvalue weighted by Crippen LogP contribution is 2.22. The summed E-state index contributed by atoms with van der Waals surface area (Å²) in [6.07, 6.45) is 0. The largest absolute Gasteiger partial charge is 0.507 e. The average Bonchev–Trinajstić information content (AvgIpc) is 2.32. The van der Waals surface area contributed by atoms with Gasteiger partial charge in [-0.15, -0.1) is 0 Å². The minimum absolute atomic E-state index is 0.356. The van der Waals surface area contributed by atoms with Gasteiger partial charge >= 0.3 is 0 Å². The number of hydrogen-bond donors (Lipinski definition) is 2. The number of phenolic OH excluding ortho intramolecular Hbond substituents is 1. The van der Waals surface area contributed by atoms with Crippen LogP contribution in [-0.2, 0) is 0 Å². The molecule has 0 aliphatic heterocycles. The van der Waals surface area contributed by atoms with Crippen LogP contribution in [0.1, 0.15) is 15.9 Å². The summed E-state index contributed by atoms with van der Waals surface area (Å²) in [4.78, 5) is 11.9. The van der Waals surface area contributed by atoms with Crippen LogP contribution in [0, 0.1) is 18.6 Å². The first-order valence-corrected chi connectivity index (χ1v) is 5.54. The Morgan fingerprint density at radius 3 is 2.58 bits per heavy atom. The normalized spacial score (nSPS) is 10.3. The van der Waals surface area contributed by atoms with Crippen molar-refractivity contribution in [3.8, 4) is 5.75 Å². The molecule has 98 valence electrons. The average molecular weight is 263 g/mol. The standard InChI is InChI=1S/C14H11F2NO2/c1-8-7-9(15)5-6-11(8)17-14(19)13-10(16)3-2-4-12(13)18/h2-7,18H,1H3,(H,17,19). The Morgan fingerprint density at radius 1 is 1.21 bits per heavy atom. The molecule has 2 rings (SSSR count). The van der Waals surface area contributed by atoms with Crippen molar-refractivity contribution in [3.05, 3.63) is 59.2 Å². The van der Waals surface area contributed by atoms with Gasteiger partial charge in [0.25, 0.3) is 5.91 Å². The molecule has 0 spiro atoms. The van der Waals surface area contributed by atoms with E-state index in [0.29, 0.717) is 11.3 Å². The summed E-state index contributed by atoms with van der Waals surface area (Å²) < 4.78 is 26.4. The van der Waals surface area contributed by atoms with Gasteiger partial charge in [-0.25, -0.2) is 8.78 Å². The van der Waals surface area contributed by atoms with Gasteiger partial charge in [-0.1, -0.05) is 6.07 Å². The van der Waals surface area contributed by atoms with Crippen molar-refractivity contribution in [1.82, 2.24) is 0 Å². The lowest BCUT2D eigenvalue weighted by molar-refractivity contribution is 0.102. The molecule has 5 heteroatoms. The van der Waals surface area contributed by atoms with E-state index >= 15 is 0 Å². The summed E-state index contributed by atoms with van der Waals surface area (Å²) in [7, 11) is 0. The summed E-state index contributed by atoms with van der Waals surface area (Å²) >= 11 is 0. The van der Waals surface area contributed by atoms with Gasteiger partial charge in [-0.3, -0.25) is 4.79 Å². The number of carbonyl (C=O) groups excluding carboxylic acids is 1. The van der Waals surface area contributed by atoms with Crippen molar-refractivity contribution in [2.75, 3.05) is 5.32 Å². The van der Waals surface area contributed by atoms with Gasteiger partial charge in [0.15, 0.2) is 0 Å². The molecule has 1 amide bonds. The molecule has 0 aromatic heterocycles. The number of hydrogen-bond acceptors (Lipinski definition) is 2. The topological polar surface area (TPSA) is 49.3 Å². The molecular formula is C14H11F2NO2. The van der Waals surface area contributed by atoms with E-state index in [1.807, 2.05) is 0 Å². The molecule has 2 aromatic carbocycles. The summed E-state index contributed by atoms with van der Waals surface area (Å²) in [6.45, 7) is 1.61. The quantitative estimate of drug-likeness (QED) is 0.873. The molecule has 0 aliphatic carbocycles. The van der Waals surface area contributed by atoms with Crippen molar-refractivity contribution >= 4 is 11.6 Å². The maximum Gasteiger partial charge on any atom is 0.262 e. The lowest BCUT2D eigenvalue weighted by Gasteiger charge is -2.10. The molecule has 3 nitrogen and oxygen atoms in total. The van der Waals surface area contributed by atoms with Gasteiger partial charge < -0.3 is 10.4 Å². The molecule has 2 N–H and O–H groups in total. The number of aryl methyl sites for hydroxylation is 1. The lowest BCUT2D eigenvalue weighted by Crippen LogP contribution is -2.14. The molecular weight excluding hydrogens is 252 g/mol. The zero-order valence-electron chi connectivity index (χ0n) is 10.1. The monoisotopic (exact) mass is 263 g/mol. The maximum absolute atomic E-state index is 13.5. The lowest BCUT2D eigenvalue weighted by atomic mass is 10.1. The molecule has 0 aliphatic rings. The molecule has 0 unspecified atom stereocenters. The van der Waals surface area contributed by atoms with Crippen LogP contribution < -0.4 is 5.32 Å². The zero-order valence-corrected chi connectivity index (χ0v) is 10.1. The predicted molar refractivity (Wildman–Crippen MR) is 67.2 cm³/mol. The summed E-state index contributed by atoms with van der Waals surface area (Å²) in [6, 6.07) is 7.40. The maximum atomic E-state index is 13.5. The number of rotatable bonds is 2. The van der Waals surface area contributed by atoms with E-state index in [1.165, 1.54) is 30.3 Å². The second-order valence-corrected chi connectivity index (χ2v) is 4.05. The molecule has 0 fully saturated rings. The highest BCUT2D eigenvalue weighted by atomic mass is 19.1. The number of aromatic hydroxyl groups is 1. The Bertz CT molecular complexity index is 621. The van der Waals surface area contributed by atoms with Gasteiger partial charge in [0.2, 0.25) is 0 Å². The molecule has 0 atom stereocenters. The van der Waals surface area contributed by atoms with Crippen LogP contribution in [0.5, 0.6) is 5.75 Å². The van der Waals surface area contributed by atoms with Crippen molar-refractivity contribution in [3.63, 3.8) is 0 Å². The van der Waals surface area contributed by atoms with Crippen LogP contribution in [0.25, 0.3) is 0 Å². The smallest absolute Gasteiger partial charge is 0.262 e. The van der Waals surface area contributed by atoms with Crippen molar-refractivity contribution in [2.45, 2.75) is 6.92 Å². The number of amides is 1. The highest BCUT2D eigenvalue weighted by Gasteiger charge is 2.17. The summed E-state index contributed by atoms with van der Waals surface area (Å²) in [5.41, 5.74) is 0.421. The highest BCUT2D eigenvalue weighted by molar-refractivity contribution is 6.06. The molecule has 0 radical (unpaired) electrons. The Labute approximate surface area is 108 Å². The third kappa shape index (κ3) is 2.70. The first-order valence-electron chi connectivity index (χ1n) is 5.54. The zero-order chi connectivity index (χ0) is 14.0. The van der Waals surface area contributed by atoms with E-state index in [0.717, 1.165) is 6.07 Å². The van der Waals surface area contributed by atoms with Crippen LogP contribution in [0.15, 0.2) is 36.4 Å². The van der Waals surface area contributed by atoms with E-state index in [-0.39, 0.29) is 0 Å². The number of phenols is 1. The van der Waals surface area contributed by atoms with Crippen LogP contribution in [-0.4, -0.2) is 11.0 Å². The Kier molecular flexibility index (Phi) is 3.46. The van der Waals surface area contributed by atoms with Crippen molar-refractivity contribution in [1.29, 1.82) is 0 Å².